The maximum Gasteiger partial charge on any atom is 0.261 e. The third-order valence-electron chi connectivity index (χ3n) is 3.03. The normalized spacial score (nSPS) is 11.4. The minimum Gasteiger partial charge on any atom is -0.277 e. The van der Waals surface area contributed by atoms with Crippen molar-refractivity contribution < 1.29 is 17.2 Å². The van der Waals surface area contributed by atoms with E-state index >= 15 is 0 Å². The molecule has 2 aromatic carbocycles. The Kier molecular flexibility index (Phi) is 5.37. The number of rotatable bonds is 6. The minimum atomic E-state index is -3.97. The number of sulfonamides is 1. The lowest BCUT2D eigenvalue weighted by Crippen LogP contribution is -2.14. The molecule has 7 heteroatoms. The maximum atomic E-state index is 13.5. The fourth-order valence-corrected chi connectivity index (χ4v) is 3.09. The molecule has 2 rings (SSSR count). The summed E-state index contributed by atoms with van der Waals surface area (Å²) in [6.45, 7) is 0. The zero-order chi connectivity index (χ0) is 16.2. The molecule has 0 spiro atoms. The Morgan fingerprint density at radius 2 is 1.73 bits per heavy atom. The molecule has 2 aromatic rings. The topological polar surface area (TPSA) is 46.2 Å². The van der Waals surface area contributed by atoms with Crippen LogP contribution >= 0.6 is 11.6 Å². The molecule has 0 aliphatic carbocycles. The van der Waals surface area contributed by atoms with Gasteiger partial charge < -0.3 is 0 Å². The van der Waals surface area contributed by atoms with E-state index in [0.29, 0.717) is 5.88 Å². The molecule has 0 saturated heterocycles. The van der Waals surface area contributed by atoms with Crippen LogP contribution in [0.25, 0.3) is 0 Å². The number of hydrogen-bond acceptors (Lipinski definition) is 2. The summed E-state index contributed by atoms with van der Waals surface area (Å²) in [6.07, 6.45) is 1.54. The van der Waals surface area contributed by atoms with E-state index in [1.807, 2.05) is 4.72 Å². The largest absolute Gasteiger partial charge is 0.277 e. The third kappa shape index (κ3) is 3.96. The van der Waals surface area contributed by atoms with Crippen LogP contribution in [-0.2, 0) is 16.4 Å². The molecule has 0 amide bonds. The molecule has 0 bridgehead atoms. The van der Waals surface area contributed by atoms with E-state index in [1.54, 1.807) is 12.1 Å². The predicted molar refractivity (Wildman–Crippen MR) is 82.6 cm³/mol. The highest BCUT2D eigenvalue weighted by molar-refractivity contribution is 7.92. The Balaban J connectivity index is 2.21. The summed E-state index contributed by atoms with van der Waals surface area (Å²) in [5, 5.41) is 0. The van der Waals surface area contributed by atoms with Gasteiger partial charge in [-0.2, -0.15) is 0 Å². The molecule has 0 fully saturated rings. The third-order valence-corrected chi connectivity index (χ3v) is 4.68. The SMILES string of the molecule is O=S(=O)(Nc1cccc(F)c1F)c1ccc(CCCCl)cc1. The standard InChI is InChI=1S/C15H14ClF2NO2S/c16-10-2-3-11-6-8-12(9-7-11)22(20,21)19-14-5-1-4-13(17)15(14)18/h1,4-9,19H,2-3,10H2. The predicted octanol–water partition coefficient (Wildman–Crippen LogP) is 3.94. The average Bonchev–Trinajstić information content (AvgIpc) is 2.50. The van der Waals surface area contributed by atoms with Gasteiger partial charge in [0.05, 0.1) is 10.6 Å². The summed E-state index contributed by atoms with van der Waals surface area (Å²) < 4.78 is 53.0. The molecule has 22 heavy (non-hydrogen) atoms. The molecular formula is C15H14ClF2NO2S. The summed E-state index contributed by atoms with van der Waals surface area (Å²) in [4.78, 5) is -0.0224. The van der Waals surface area contributed by atoms with Crippen LogP contribution in [0.1, 0.15) is 12.0 Å². The van der Waals surface area contributed by atoms with E-state index in [2.05, 4.69) is 0 Å². The van der Waals surface area contributed by atoms with Gasteiger partial charge in [-0.15, -0.1) is 11.6 Å². The summed E-state index contributed by atoms with van der Waals surface area (Å²) in [7, 11) is -3.97. The number of alkyl halides is 1. The molecule has 118 valence electrons. The number of aryl methyl sites for hydroxylation is 1. The van der Waals surface area contributed by atoms with Crippen LogP contribution in [0.2, 0.25) is 0 Å². The lowest BCUT2D eigenvalue weighted by molar-refractivity contribution is 0.511. The molecule has 0 heterocycles. The van der Waals surface area contributed by atoms with E-state index < -0.39 is 27.3 Å². The quantitative estimate of drug-likeness (QED) is 0.806. The van der Waals surface area contributed by atoms with Crippen molar-refractivity contribution in [1.29, 1.82) is 0 Å². The van der Waals surface area contributed by atoms with Crippen LogP contribution in [0.4, 0.5) is 14.5 Å². The second kappa shape index (κ2) is 7.07. The van der Waals surface area contributed by atoms with Gasteiger partial charge in [-0.25, -0.2) is 17.2 Å². The van der Waals surface area contributed by atoms with E-state index in [-0.39, 0.29) is 4.90 Å². The first-order valence-corrected chi connectivity index (χ1v) is 8.57. The fraction of sp³-hybridized carbons (Fsp3) is 0.200. The summed E-state index contributed by atoms with van der Waals surface area (Å²) in [5.74, 6) is -1.82. The molecule has 0 aliphatic rings. The first-order chi connectivity index (χ1) is 10.4. The number of benzene rings is 2. The van der Waals surface area contributed by atoms with Crippen molar-refractivity contribution in [1.82, 2.24) is 0 Å². The van der Waals surface area contributed by atoms with Gasteiger partial charge >= 0.3 is 0 Å². The van der Waals surface area contributed by atoms with Gasteiger partial charge in [0.15, 0.2) is 11.6 Å². The molecular weight excluding hydrogens is 332 g/mol. The zero-order valence-electron chi connectivity index (χ0n) is 11.5. The van der Waals surface area contributed by atoms with Crippen LogP contribution in [0, 0.1) is 11.6 Å². The van der Waals surface area contributed by atoms with Crippen LogP contribution in [0.15, 0.2) is 47.4 Å². The highest BCUT2D eigenvalue weighted by atomic mass is 35.5. The van der Waals surface area contributed by atoms with Gasteiger partial charge in [0.25, 0.3) is 10.0 Å². The Bertz CT molecular complexity index is 749. The van der Waals surface area contributed by atoms with E-state index in [4.69, 9.17) is 11.6 Å². The van der Waals surface area contributed by atoms with Gasteiger partial charge in [0, 0.05) is 5.88 Å². The first kappa shape index (κ1) is 16.7. The van der Waals surface area contributed by atoms with Crippen molar-refractivity contribution >= 4 is 27.3 Å². The van der Waals surface area contributed by atoms with Crippen molar-refractivity contribution in [3.8, 4) is 0 Å². The van der Waals surface area contributed by atoms with E-state index in [1.165, 1.54) is 18.2 Å². The lowest BCUT2D eigenvalue weighted by Gasteiger charge is -2.10. The summed E-state index contributed by atoms with van der Waals surface area (Å²) >= 11 is 5.60. The molecule has 0 saturated carbocycles. The molecule has 1 N–H and O–H groups in total. The summed E-state index contributed by atoms with van der Waals surface area (Å²) in [6, 6.07) is 9.48. The Morgan fingerprint density at radius 1 is 1.05 bits per heavy atom. The van der Waals surface area contributed by atoms with Crippen LogP contribution in [0.5, 0.6) is 0 Å². The molecule has 3 nitrogen and oxygen atoms in total. The van der Waals surface area contributed by atoms with Gasteiger partial charge in [-0.1, -0.05) is 18.2 Å². The van der Waals surface area contributed by atoms with Crippen LogP contribution in [0.3, 0.4) is 0 Å². The molecule has 0 atom stereocenters. The van der Waals surface area contributed by atoms with Gasteiger partial charge in [-0.05, 0) is 42.7 Å². The first-order valence-electron chi connectivity index (χ1n) is 6.56. The molecule has 0 aromatic heterocycles. The minimum absolute atomic E-state index is 0.0224. The Morgan fingerprint density at radius 3 is 2.36 bits per heavy atom. The van der Waals surface area contributed by atoms with Gasteiger partial charge in [-0.3, -0.25) is 4.72 Å². The number of halogens is 3. The van der Waals surface area contributed by atoms with Gasteiger partial charge in [0.2, 0.25) is 0 Å². The Hall–Kier alpha value is -1.66. The van der Waals surface area contributed by atoms with Crippen LogP contribution < -0.4 is 4.72 Å². The van der Waals surface area contributed by atoms with Crippen molar-refractivity contribution in [3.63, 3.8) is 0 Å². The van der Waals surface area contributed by atoms with Crippen molar-refractivity contribution in [2.45, 2.75) is 17.7 Å². The number of anilines is 1. The molecule has 0 unspecified atom stereocenters. The highest BCUT2D eigenvalue weighted by Crippen LogP contribution is 2.21. The van der Waals surface area contributed by atoms with E-state index in [9.17, 15) is 17.2 Å². The lowest BCUT2D eigenvalue weighted by atomic mass is 10.1. The second-order valence-corrected chi connectivity index (χ2v) is 6.70. The van der Waals surface area contributed by atoms with E-state index in [0.717, 1.165) is 30.5 Å². The number of hydrogen-bond donors (Lipinski definition) is 1. The van der Waals surface area contributed by atoms with Gasteiger partial charge in [0.1, 0.15) is 0 Å². The number of nitrogens with one attached hydrogen (secondary N) is 1. The fourth-order valence-electron chi connectivity index (χ4n) is 1.89. The maximum absolute atomic E-state index is 13.5. The summed E-state index contributed by atoms with van der Waals surface area (Å²) in [5.41, 5.74) is 0.530. The highest BCUT2D eigenvalue weighted by Gasteiger charge is 2.17. The average molecular weight is 346 g/mol. The Labute approximate surface area is 133 Å². The zero-order valence-corrected chi connectivity index (χ0v) is 13.1. The second-order valence-electron chi connectivity index (χ2n) is 4.64. The smallest absolute Gasteiger partial charge is 0.261 e. The van der Waals surface area contributed by atoms with Crippen molar-refractivity contribution in [2.75, 3.05) is 10.6 Å². The van der Waals surface area contributed by atoms with Crippen molar-refractivity contribution in [3.05, 3.63) is 59.7 Å². The molecule has 0 radical (unpaired) electrons. The van der Waals surface area contributed by atoms with Crippen LogP contribution in [-0.4, -0.2) is 14.3 Å². The van der Waals surface area contributed by atoms with Crippen molar-refractivity contribution in [2.24, 2.45) is 0 Å². The molecule has 0 aliphatic heterocycles. The monoisotopic (exact) mass is 345 g/mol.